The molecule has 2 aromatic heterocycles. The lowest BCUT2D eigenvalue weighted by Gasteiger charge is -2.24. The van der Waals surface area contributed by atoms with E-state index in [1.54, 1.807) is 27.7 Å². The Kier molecular flexibility index (Phi) is 8.92. The van der Waals surface area contributed by atoms with Crippen LogP contribution in [0.15, 0.2) is 91.2 Å². The SMILES string of the molecule is Cc1c(Cc2ccccc2)c(=O)oc2c3c(cc(O)c12)OC(C)CC3=O.Cc1c(Cc2ccccc2)c(=O)oc2cc3c(c(O)c12)C(=O)CC(C)O3. The van der Waals surface area contributed by atoms with Crippen LogP contribution in [0.1, 0.15) is 80.8 Å². The summed E-state index contributed by atoms with van der Waals surface area (Å²) in [5.41, 5.74) is 3.89. The minimum Gasteiger partial charge on any atom is -0.507 e. The number of aryl methyl sites for hydroxylation is 2. The zero-order valence-electron chi connectivity index (χ0n) is 29.1. The van der Waals surface area contributed by atoms with E-state index in [0.717, 1.165) is 11.1 Å². The van der Waals surface area contributed by atoms with Crippen LogP contribution in [-0.4, -0.2) is 34.0 Å². The molecule has 52 heavy (non-hydrogen) atoms. The molecule has 0 fully saturated rings. The topological polar surface area (TPSA) is 153 Å². The number of ether oxygens (including phenoxy) is 2. The Morgan fingerprint density at radius 1 is 0.635 bits per heavy atom. The number of phenols is 2. The zero-order valence-corrected chi connectivity index (χ0v) is 29.1. The molecule has 10 heteroatoms. The van der Waals surface area contributed by atoms with Gasteiger partial charge in [-0.15, -0.1) is 0 Å². The molecule has 2 unspecified atom stereocenters. The molecule has 10 nitrogen and oxygen atoms in total. The van der Waals surface area contributed by atoms with Gasteiger partial charge in [0.1, 0.15) is 51.9 Å². The lowest BCUT2D eigenvalue weighted by molar-refractivity contribution is 0.0858. The monoisotopic (exact) mass is 700 g/mol. The first-order chi connectivity index (χ1) is 24.9. The number of ketones is 2. The second-order valence-corrected chi connectivity index (χ2v) is 13.4. The number of rotatable bonds is 4. The summed E-state index contributed by atoms with van der Waals surface area (Å²) in [6, 6.07) is 22.1. The van der Waals surface area contributed by atoms with Crippen molar-refractivity contribution in [1.29, 1.82) is 0 Å². The molecule has 4 heterocycles. The van der Waals surface area contributed by atoms with Crippen LogP contribution in [-0.2, 0) is 12.8 Å². The van der Waals surface area contributed by atoms with Gasteiger partial charge in [-0.05, 0) is 49.9 Å². The highest BCUT2D eigenvalue weighted by atomic mass is 16.5. The minimum absolute atomic E-state index is 0.0591. The highest BCUT2D eigenvalue weighted by Gasteiger charge is 2.32. The Labute approximate surface area is 297 Å². The number of fused-ring (bicyclic) bond motifs is 5. The quantitative estimate of drug-likeness (QED) is 0.177. The van der Waals surface area contributed by atoms with Gasteiger partial charge in [0.05, 0.1) is 10.8 Å². The van der Waals surface area contributed by atoms with Crippen molar-refractivity contribution in [2.24, 2.45) is 0 Å². The molecule has 2 atom stereocenters. The van der Waals surface area contributed by atoms with Crippen molar-refractivity contribution in [2.45, 2.75) is 65.6 Å². The molecule has 0 spiro atoms. The predicted molar refractivity (Wildman–Crippen MR) is 194 cm³/mol. The van der Waals surface area contributed by atoms with Crippen molar-refractivity contribution in [3.63, 3.8) is 0 Å². The average Bonchev–Trinajstić information content (AvgIpc) is 3.08. The Morgan fingerprint density at radius 2 is 1.12 bits per heavy atom. The van der Waals surface area contributed by atoms with Crippen LogP contribution in [0.5, 0.6) is 23.0 Å². The number of Topliss-reactive ketones (excluding diaryl/α,β-unsaturated/α-hetero) is 2. The number of carbonyl (C=O) groups is 2. The van der Waals surface area contributed by atoms with Gasteiger partial charge in [0, 0.05) is 48.9 Å². The maximum atomic E-state index is 12.6. The van der Waals surface area contributed by atoms with E-state index in [-0.39, 0.29) is 81.9 Å². The Morgan fingerprint density at radius 3 is 1.67 bits per heavy atom. The number of hydrogen-bond acceptors (Lipinski definition) is 10. The second-order valence-electron chi connectivity index (χ2n) is 13.4. The maximum absolute atomic E-state index is 12.6. The number of phenolic OH excluding ortho intramolecular Hbond substituents is 2. The standard InChI is InChI=1S/2C21H18O5/c1-11-8-15(22)19-17(25-11)10-16-18(20(19)23)12(2)14(21(24)26-16)9-13-6-4-3-5-7-13;1-11-8-15(22)19-17(25-11)10-16(23)18-12(2)14(21(24)26-20(18)19)9-13-6-4-3-5-7-13/h2*3-7,10-11,23H,8-9H2,1-2H3. The summed E-state index contributed by atoms with van der Waals surface area (Å²) in [5, 5.41) is 22.0. The third kappa shape index (κ3) is 6.21. The van der Waals surface area contributed by atoms with Crippen molar-refractivity contribution in [2.75, 3.05) is 0 Å². The van der Waals surface area contributed by atoms with Crippen molar-refractivity contribution in [1.82, 2.24) is 0 Å². The van der Waals surface area contributed by atoms with Gasteiger partial charge in [0.25, 0.3) is 0 Å². The molecule has 0 saturated heterocycles. The summed E-state index contributed by atoms with van der Waals surface area (Å²) >= 11 is 0. The van der Waals surface area contributed by atoms with E-state index < -0.39 is 11.3 Å². The fraction of sp³-hybridized carbons (Fsp3) is 0.238. The summed E-state index contributed by atoms with van der Waals surface area (Å²) in [7, 11) is 0. The molecule has 6 aromatic rings. The van der Waals surface area contributed by atoms with E-state index in [2.05, 4.69) is 0 Å². The summed E-state index contributed by atoms with van der Waals surface area (Å²) in [6.07, 6.45) is 0.639. The van der Waals surface area contributed by atoms with Crippen LogP contribution in [0, 0.1) is 13.8 Å². The van der Waals surface area contributed by atoms with Crippen LogP contribution in [0.4, 0.5) is 0 Å². The van der Waals surface area contributed by atoms with Gasteiger partial charge in [0.2, 0.25) is 0 Å². The molecule has 0 amide bonds. The number of carbonyl (C=O) groups excluding carboxylic acids is 2. The van der Waals surface area contributed by atoms with Crippen molar-refractivity contribution >= 4 is 33.5 Å². The summed E-state index contributed by atoms with van der Waals surface area (Å²) in [5.74, 6) is -0.0362. The van der Waals surface area contributed by atoms with Crippen LogP contribution in [0.3, 0.4) is 0 Å². The zero-order chi connectivity index (χ0) is 36.8. The normalized spacial score (nSPS) is 16.4. The van der Waals surface area contributed by atoms with Crippen LogP contribution >= 0.6 is 0 Å². The lowest BCUT2D eigenvalue weighted by atomic mass is 9.94. The van der Waals surface area contributed by atoms with E-state index in [4.69, 9.17) is 18.3 Å². The second kappa shape index (κ2) is 13.5. The molecule has 8 rings (SSSR count). The van der Waals surface area contributed by atoms with Crippen LogP contribution in [0.2, 0.25) is 0 Å². The van der Waals surface area contributed by atoms with E-state index in [0.29, 0.717) is 45.9 Å². The molecule has 0 aliphatic carbocycles. The van der Waals surface area contributed by atoms with Crippen LogP contribution in [0.25, 0.3) is 21.9 Å². The molecule has 2 aliphatic rings. The van der Waals surface area contributed by atoms with Gasteiger partial charge in [-0.25, -0.2) is 9.59 Å². The Balaban J connectivity index is 0.000000162. The van der Waals surface area contributed by atoms with Crippen molar-refractivity contribution in [3.05, 3.63) is 138 Å². The fourth-order valence-corrected chi connectivity index (χ4v) is 7.05. The van der Waals surface area contributed by atoms with Gasteiger partial charge in [-0.3, -0.25) is 9.59 Å². The number of aromatic hydroxyl groups is 2. The molecule has 0 bridgehead atoms. The minimum atomic E-state index is -0.502. The van der Waals surface area contributed by atoms with Gasteiger partial charge in [-0.2, -0.15) is 0 Å². The smallest absolute Gasteiger partial charge is 0.340 e. The van der Waals surface area contributed by atoms with Gasteiger partial charge in [0.15, 0.2) is 17.1 Å². The summed E-state index contributed by atoms with van der Waals surface area (Å²) in [4.78, 5) is 50.0. The molecule has 4 aromatic carbocycles. The van der Waals surface area contributed by atoms with Crippen LogP contribution < -0.4 is 20.7 Å². The molecule has 2 aliphatic heterocycles. The van der Waals surface area contributed by atoms with Crippen molar-refractivity contribution < 1.29 is 38.1 Å². The van der Waals surface area contributed by atoms with E-state index in [1.165, 1.54) is 12.1 Å². The lowest BCUT2D eigenvalue weighted by Crippen LogP contribution is -2.24. The molecule has 2 N–H and O–H groups in total. The van der Waals surface area contributed by atoms with Gasteiger partial charge in [-0.1, -0.05) is 60.7 Å². The average molecular weight is 701 g/mol. The third-order valence-electron chi connectivity index (χ3n) is 9.61. The highest BCUT2D eigenvalue weighted by Crippen LogP contribution is 2.42. The Hall–Kier alpha value is -6.16. The molecule has 0 saturated carbocycles. The highest BCUT2D eigenvalue weighted by molar-refractivity contribution is 6.11. The van der Waals surface area contributed by atoms with E-state index >= 15 is 0 Å². The summed E-state index contributed by atoms with van der Waals surface area (Å²) < 4.78 is 22.3. The van der Waals surface area contributed by atoms with E-state index in [9.17, 15) is 29.4 Å². The first kappa shape index (κ1) is 34.3. The number of hydrogen-bond donors (Lipinski definition) is 2. The predicted octanol–water partition coefficient (Wildman–Crippen LogP) is 7.50. The van der Waals surface area contributed by atoms with Gasteiger partial charge >= 0.3 is 11.3 Å². The molecule has 264 valence electrons. The first-order valence-electron chi connectivity index (χ1n) is 17.0. The maximum Gasteiger partial charge on any atom is 0.340 e. The summed E-state index contributed by atoms with van der Waals surface area (Å²) in [6.45, 7) is 7.10. The molecular weight excluding hydrogens is 664 g/mol. The largest absolute Gasteiger partial charge is 0.507 e. The molecule has 0 radical (unpaired) electrons. The van der Waals surface area contributed by atoms with Crippen molar-refractivity contribution in [3.8, 4) is 23.0 Å². The fourth-order valence-electron chi connectivity index (χ4n) is 7.05. The molecular formula is C42H36O10. The third-order valence-corrected chi connectivity index (χ3v) is 9.61. The first-order valence-corrected chi connectivity index (χ1v) is 17.0. The van der Waals surface area contributed by atoms with E-state index in [1.807, 2.05) is 60.7 Å². The van der Waals surface area contributed by atoms with Gasteiger partial charge < -0.3 is 28.5 Å². The Bertz CT molecular complexity index is 2450. The number of benzene rings is 4.